The molecule has 0 aliphatic carbocycles. The zero-order valence-corrected chi connectivity index (χ0v) is 14.1. The van der Waals surface area contributed by atoms with E-state index in [-0.39, 0.29) is 12.6 Å². The zero-order chi connectivity index (χ0) is 16.4. The molecule has 0 saturated carbocycles. The van der Waals surface area contributed by atoms with Gasteiger partial charge in [-0.25, -0.2) is 9.97 Å². The van der Waals surface area contributed by atoms with Crippen LogP contribution < -0.4 is 10.2 Å². The van der Waals surface area contributed by atoms with Crippen LogP contribution in [0.4, 0.5) is 11.6 Å². The van der Waals surface area contributed by atoms with E-state index in [1.165, 1.54) is 11.1 Å². The molecule has 0 amide bonds. The largest absolute Gasteiger partial charge is 0.394 e. The van der Waals surface area contributed by atoms with E-state index in [0.29, 0.717) is 0 Å². The number of hydrogen-bond donors (Lipinski definition) is 2. The summed E-state index contributed by atoms with van der Waals surface area (Å²) in [6.07, 6.45) is 0.953. The fourth-order valence-corrected chi connectivity index (χ4v) is 3.00. The maximum absolute atomic E-state index is 9.19. The quantitative estimate of drug-likeness (QED) is 0.901. The Bertz CT molecular complexity index is 707. The van der Waals surface area contributed by atoms with Crippen LogP contribution >= 0.6 is 11.6 Å². The van der Waals surface area contributed by atoms with Crippen LogP contribution in [0.3, 0.4) is 0 Å². The van der Waals surface area contributed by atoms with Gasteiger partial charge in [0, 0.05) is 30.2 Å². The molecule has 1 aromatic carbocycles. The van der Waals surface area contributed by atoms with Crippen molar-refractivity contribution in [2.75, 3.05) is 23.4 Å². The normalized spacial score (nSPS) is 15.2. The third-order valence-electron chi connectivity index (χ3n) is 4.00. The first-order valence-corrected chi connectivity index (χ1v) is 8.18. The van der Waals surface area contributed by atoms with Crippen molar-refractivity contribution in [1.29, 1.82) is 0 Å². The maximum atomic E-state index is 9.19. The van der Waals surface area contributed by atoms with Crippen LogP contribution in [-0.4, -0.2) is 34.3 Å². The van der Waals surface area contributed by atoms with Crippen LogP contribution in [0.5, 0.6) is 0 Å². The lowest BCUT2D eigenvalue weighted by Crippen LogP contribution is -2.31. The Morgan fingerprint density at radius 3 is 2.91 bits per heavy atom. The third kappa shape index (κ3) is 3.74. The fourth-order valence-electron chi connectivity index (χ4n) is 2.80. The van der Waals surface area contributed by atoms with Gasteiger partial charge < -0.3 is 15.3 Å². The Morgan fingerprint density at radius 1 is 1.30 bits per heavy atom. The van der Waals surface area contributed by atoms with Crippen LogP contribution in [0.2, 0.25) is 5.02 Å². The van der Waals surface area contributed by atoms with Crippen LogP contribution in [0, 0.1) is 6.92 Å². The highest BCUT2D eigenvalue weighted by Gasteiger charge is 2.19. The van der Waals surface area contributed by atoms with Gasteiger partial charge in [0.2, 0.25) is 0 Å². The summed E-state index contributed by atoms with van der Waals surface area (Å²) in [5.41, 5.74) is 2.60. The smallest absolute Gasteiger partial charge is 0.134 e. The van der Waals surface area contributed by atoms with Gasteiger partial charge in [-0.3, -0.25) is 0 Å². The molecule has 6 heteroatoms. The standard InChI is InChI=1S/C17H21ClN4O/c1-11(10-23)19-16-8-17(21-12(2)20-16)22-6-5-13-7-15(18)4-3-14(13)9-22/h3-4,7-8,11,23H,5-6,9-10H2,1-2H3,(H,19,20,21)/t11-/m0/s1. The van der Waals surface area contributed by atoms with Crippen LogP contribution in [0.15, 0.2) is 24.3 Å². The molecule has 1 aliphatic rings. The number of rotatable bonds is 4. The first-order chi connectivity index (χ1) is 11.0. The van der Waals surface area contributed by atoms with E-state index in [0.717, 1.165) is 42.0 Å². The van der Waals surface area contributed by atoms with Crippen LogP contribution in [0.25, 0.3) is 0 Å². The van der Waals surface area contributed by atoms with Gasteiger partial charge in [0.25, 0.3) is 0 Å². The maximum Gasteiger partial charge on any atom is 0.134 e. The molecule has 2 heterocycles. The minimum absolute atomic E-state index is 0.0404. The number of fused-ring (bicyclic) bond motifs is 1. The minimum Gasteiger partial charge on any atom is -0.394 e. The van der Waals surface area contributed by atoms with Crippen molar-refractivity contribution in [1.82, 2.24) is 9.97 Å². The van der Waals surface area contributed by atoms with Crippen molar-refractivity contribution >= 4 is 23.2 Å². The van der Waals surface area contributed by atoms with E-state index in [1.807, 2.05) is 26.0 Å². The average Bonchev–Trinajstić information content (AvgIpc) is 2.53. The summed E-state index contributed by atoms with van der Waals surface area (Å²) in [5.74, 6) is 2.37. The monoisotopic (exact) mass is 332 g/mol. The van der Waals surface area contributed by atoms with Gasteiger partial charge in [0.05, 0.1) is 6.61 Å². The van der Waals surface area contributed by atoms with Crippen molar-refractivity contribution in [3.8, 4) is 0 Å². The van der Waals surface area contributed by atoms with Crippen molar-refractivity contribution in [2.45, 2.75) is 32.9 Å². The zero-order valence-electron chi connectivity index (χ0n) is 13.4. The van der Waals surface area contributed by atoms with Crippen molar-refractivity contribution in [3.63, 3.8) is 0 Å². The van der Waals surface area contributed by atoms with Gasteiger partial charge in [-0.05, 0) is 43.5 Å². The minimum atomic E-state index is -0.0404. The first kappa shape index (κ1) is 16.0. The topological polar surface area (TPSA) is 61.3 Å². The number of aromatic nitrogens is 2. The van der Waals surface area contributed by atoms with Gasteiger partial charge in [0.1, 0.15) is 17.5 Å². The third-order valence-corrected chi connectivity index (χ3v) is 4.23. The number of anilines is 2. The van der Waals surface area contributed by atoms with Gasteiger partial charge in [0.15, 0.2) is 0 Å². The Kier molecular flexibility index (Phi) is 4.68. The van der Waals surface area contributed by atoms with E-state index in [2.05, 4.69) is 32.3 Å². The molecule has 0 bridgehead atoms. The van der Waals surface area contributed by atoms with E-state index >= 15 is 0 Å². The molecular weight excluding hydrogens is 312 g/mol. The number of halogens is 1. The summed E-state index contributed by atoms with van der Waals surface area (Å²) < 4.78 is 0. The molecule has 0 saturated heterocycles. The highest BCUT2D eigenvalue weighted by molar-refractivity contribution is 6.30. The molecule has 5 nitrogen and oxygen atoms in total. The summed E-state index contributed by atoms with van der Waals surface area (Å²) in [7, 11) is 0. The molecule has 2 aromatic rings. The highest BCUT2D eigenvalue weighted by Crippen LogP contribution is 2.26. The Morgan fingerprint density at radius 2 is 2.13 bits per heavy atom. The number of nitrogens with zero attached hydrogens (tertiary/aromatic N) is 3. The molecule has 0 spiro atoms. The van der Waals surface area contributed by atoms with Crippen molar-refractivity contribution in [2.24, 2.45) is 0 Å². The number of aliphatic hydroxyl groups excluding tert-OH is 1. The van der Waals surface area contributed by atoms with E-state index in [9.17, 15) is 5.11 Å². The molecule has 2 N–H and O–H groups in total. The van der Waals surface area contributed by atoms with Gasteiger partial charge >= 0.3 is 0 Å². The molecule has 0 radical (unpaired) electrons. The number of nitrogens with one attached hydrogen (secondary N) is 1. The molecule has 122 valence electrons. The van der Waals surface area contributed by atoms with Gasteiger partial charge in [-0.15, -0.1) is 0 Å². The molecule has 1 atom stereocenters. The SMILES string of the molecule is Cc1nc(N[C@@H](C)CO)cc(N2CCc3cc(Cl)ccc3C2)n1. The lowest BCUT2D eigenvalue weighted by Gasteiger charge is -2.30. The molecule has 3 rings (SSSR count). The summed E-state index contributed by atoms with van der Waals surface area (Å²) in [6.45, 7) is 5.58. The van der Waals surface area contributed by atoms with Crippen LogP contribution in [-0.2, 0) is 13.0 Å². The Hall–Kier alpha value is -1.85. The summed E-state index contributed by atoms with van der Waals surface area (Å²) in [6, 6.07) is 7.98. The van der Waals surface area contributed by atoms with E-state index in [1.54, 1.807) is 0 Å². The average molecular weight is 333 g/mol. The second kappa shape index (κ2) is 6.72. The second-order valence-electron chi connectivity index (χ2n) is 5.97. The Balaban J connectivity index is 1.83. The predicted octanol–water partition coefficient (Wildman–Crippen LogP) is 2.79. The predicted molar refractivity (Wildman–Crippen MR) is 93.1 cm³/mol. The molecule has 0 fully saturated rings. The van der Waals surface area contributed by atoms with Crippen molar-refractivity contribution in [3.05, 3.63) is 46.2 Å². The van der Waals surface area contributed by atoms with Gasteiger partial charge in [-0.1, -0.05) is 17.7 Å². The van der Waals surface area contributed by atoms with Crippen molar-refractivity contribution < 1.29 is 5.11 Å². The molecule has 23 heavy (non-hydrogen) atoms. The summed E-state index contributed by atoms with van der Waals surface area (Å²) in [4.78, 5) is 11.2. The second-order valence-corrected chi connectivity index (χ2v) is 6.41. The number of aliphatic hydroxyl groups is 1. The number of benzene rings is 1. The molecular formula is C17H21ClN4O. The van der Waals surface area contributed by atoms with Crippen LogP contribution in [0.1, 0.15) is 23.9 Å². The number of aryl methyl sites for hydroxylation is 1. The highest BCUT2D eigenvalue weighted by atomic mass is 35.5. The lowest BCUT2D eigenvalue weighted by molar-refractivity contribution is 0.281. The molecule has 0 unspecified atom stereocenters. The van der Waals surface area contributed by atoms with E-state index in [4.69, 9.17) is 11.6 Å². The number of hydrogen-bond acceptors (Lipinski definition) is 5. The Labute approximate surface area is 141 Å². The molecule has 1 aromatic heterocycles. The molecule has 1 aliphatic heterocycles. The summed E-state index contributed by atoms with van der Waals surface area (Å²) in [5, 5.41) is 13.2. The first-order valence-electron chi connectivity index (χ1n) is 7.80. The lowest BCUT2D eigenvalue weighted by atomic mass is 10.00. The fraction of sp³-hybridized carbons (Fsp3) is 0.412. The van der Waals surface area contributed by atoms with Gasteiger partial charge in [-0.2, -0.15) is 0 Å². The summed E-state index contributed by atoms with van der Waals surface area (Å²) >= 11 is 6.07. The van der Waals surface area contributed by atoms with E-state index < -0.39 is 0 Å².